The Balaban J connectivity index is 1.94. The van der Waals surface area contributed by atoms with Gasteiger partial charge in [0.1, 0.15) is 5.75 Å². The summed E-state index contributed by atoms with van der Waals surface area (Å²) in [5, 5.41) is 2.97. The minimum atomic E-state index is -0.145. The zero-order valence-corrected chi connectivity index (χ0v) is 15.8. The van der Waals surface area contributed by atoms with E-state index in [1.807, 2.05) is 24.3 Å². The van der Waals surface area contributed by atoms with Crippen LogP contribution in [0.4, 0.5) is 0 Å². The Morgan fingerprint density at radius 2 is 2.12 bits per heavy atom. The van der Waals surface area contributed by atoms with Gasteiger partial charge in [0.2, 0.25) is 0 Å². The van der Waals surface area contributed by atoms with E-state index >= 15 is 0 Å². The van der Waals surface area contributed by atoms with E-state index in [1.165, 1.54) is 24.6 Å². The summed E-state index contributed by atoms with van der Waals surface area (Å²) in [6.45, 7) is 9.56. The molecule has 6 heteroatoms. The van der Waals surface area contributed by atoms with Gasteiger partial charge >= 0.3 is 0 Å². The summed E-state index contributed by atoms with van der Waals surface area (Å²) >= 11 is 1.29. The van der Waals surface area contributed by atoms with Crippen molar-refractivity contribution in [2.75, 3.05) is 33.3 Å². The number of amides is 1. The third-order valence-electron chi connectivity index (χ3n) is 4.09. The van der Waals surface area contributed by atoms with Gasteiger partial charge in [-0.25, -0.2) is 0 Å². The van der Waals surface area contributed by atoms with E-state index in [4.69, 9.17) is 10.5 Å². The summed E-state index contributed by atoms with van der Waals surface area (Å²) in [7, 11) is 1.62. The number of nitrogens with one attached hydrogen (secondary N) is 1. The van der Waals surface area contributed by atoms with Gasteiger partial charge in [-0.3, -0.25) is 4.79 Å². The molecular weight excluding hydrogens is 334 g/mol. The number of hydrogen-bond acceptors (Lipinski definition) is 5. The van der Waals surface area contributed by atoms with E-state index < -0.39 is 0 Å². The highest BCUT2D eigenvalue weighted by atomic mass is 32.2. The van der Waals surface area contributed by atoms with Crippen LogP contribution in [0.15, 0.2) is 41.4 Å². The molecule has 0 radical (unpaired) electrons. The first-order valence-corrected chi connectivity index (χ1v) is 9.31. The van der Waals surface area contributed by atoms with Crippen molar-refractivity contribution in [3.8, 4) is 5.75 Å². The maximum atomic E-state index is 12.5. The first-order valence-electron chi connectivity index (χ1n) is 8.49. The molecule has 1 aliphatic heterocycles. The maximum Gasteiger partial charge on any atom is 0.259 e. The second-order valence-corrected chi connectivity index (χ2v) is 7.18. The number of benzene rings is 1. The molecule has 1 fully saturated rings. The number of nitrogens with two attached hydrogens (primary N) is 1. The Hall–Kier alpha value is -1.92. The predicted molar refractivity (Wildman–Crippen MR) is 105 cm³/mol. The van der Waals surface area contributed by atoms with Crippen molar-refractivity contribution in [1.82, 2.24) is 10.2 Å². The van der Waals surface area contributed by atoms with Gasteiger partial charge in [-0.05, 0) is 50.6 Å². The minimum absolute atomic E-state index is 0.145. The Kier molecular flexibility index (Phi) is 7.40. The summed E-state index contributed by atoms with van der Waals surface area (Å²) < 4.78 is 5.24. The molecule has 1 heterocycles. The number of ether oxygens (including phenoxy) is 1. The van der Waals surface area contributed by atoms with E-state index in [0.29, 0.717) is 17.1 Å². The van der Waals surface area contributed by atoms with Crippen LogP contribution in [0.3, 0.4) is 0 Å². The molecule has 3 N–H and O–H groups in total. The van der Waals surface area contributed by atoms with Crippen LogP contribution in [0.5, 0.6) is 5.75 Å². The fourth-order valence-corrected chi connectivity index (χ4v) is 3.52. The number of carbonyl (C=O) groups is 1. The molecule has 0 bridgehead atoms. The molecular formula is C19H27N3O2S. The predicted octanol–water partition coefficient (Wildman–Crippen LogP) is 2.80. The van der Waals surface area contributed by atoms with E-state index in [2.05, 4.69) is 16.8 Å². The van der Waals surface area contributed by atoms with Crippen molar-refractivity contribution in [1.29, 1.82) is 0 Å². The number of methoxy groups -OCH3 is 1. The number of thioether (sulfide) groups is 1. The fourth-order valence-electron chi connectivity index (χ4n) is 2.70. The van der Waals surface area contributed by atoms with Crippen molar-refractivity contribution < 1.29 is 9.53 Å². The normalized spacial score (nSPS) is 15.6. The average molecular weight is 362 g/mol. The van der Waals surface area contributed by atoms with Crippen molar-refractivity contribution >= 4 is 22.6 Å². The zero-order chi connectivity index (χ0) is 18.2. The topological polar surface area (TPSA) is 67.6 Å². The number of hydrogen-bond donors (Lipinski definition) is 2. The lowest BCUT2D eigenvalue weighted by atomic mass is 10.2. The molecule has 136 valence electrons. The van der Waals surface area contributed by atoms with Gasteiger partial charge in [0.05, 0.1) is 12.0 Å². The van der Waals surface area contributed by atoms with Crippen LogP contribution in [0.1, 0.15) is 25.3 Å². The van der Waals surface area contributed by atoms with Crippen LogP contribution in [0.25, 0.3) is 4.91 Å². The third-order valence-corrected chi connectivity index (χ3v) is 5.29. The molecule has 0 saturated carbocycles. The summed E-state index contributed by atoms with van der Waals surface area (Å²) in [5.41, 5.74) is 7.34. The molecule has 5 nitrogen and oxygen atoms in total. The average Bonchev–Trinajstić information content (AvgIpc) is 3.12. The van der Waals surface area contributed by atoms with Gasteiger partial charge in [-0.2, -0.15) is 0 Å². The molecule has 2 rings (SSSR count). The van der Waals surface area contributed by atoms with Gasteiger partial charge in [-0.15, -0.1) is 0 Å². The molecule has 25 heavy (non-hydrogen) atoms. The lowest BCUT2D eigenvalue weighted by molar-refractivity contribution is -0.116. The lowest BCUT2D eigenvalue weighted by Crippen LogP contribution is -2.34. The van der Waals surface area contributed by atoms with Crippen molar-refractivity contribution in [2.45, 2.75) is 19.8 Å². The minimum Gasteiger partial charge on any atom is -0.497 e. The number of allylic oxidation sites excluding steroid dienone is 1. The standard InChI is InChI=1S/C19H27N3O2S/c1-14(20)18(19(23)21-9-12-22-10-4-5-11-22)25-15(2)16-7-6-8-17(13-16)24-3/h6-8,13H,2,4-5,9-12,20H2,1,3H3,(H,21,23)/b18-14-. The van der Waals surface area contributed by atoms with Crippen LogP contribution in [-0.4, -0.2) is 44.1 Å². The number of likely N-dealkylation sites (tertiary alicyclic amines) is 1. The van der Waals surface area contributed by atoms with E-state index in [-0.39, 0.29) is 5.91 Å². The maximum absolute atomic E-state index is 12.5. The summed E-state index contributed by atoms with van der Waals surface area (Å²) in [5.74, 6) is 0.609. The van der Waals surface area contributed by atoms with Crippen LogP contribution in [-0.2, 0) is 4.79 Å². The quantitative estimate of drug-likeness (QED) is 0.697. The van der Waals surface area contributed by atoms with Crippen LogP contribution >= 0.6 is 11.8 Å². The van der Waals surface area contributed by atoms with Crippen molar-refractivity contribution in [3.63, 3.8) is 0 Å². The zero-order valence-electron chi connectivity index (χ0n) is 15.0. The number of rotatable bonds is 8. The SMILES string of the molecule is C=C(S/C(C(=O)NCCN1CCCC1)=C(/C)N)c1cccc(OC)c1. The lowest BCUT2D eigenvalue weighted by Gasteiger charge is -2.16. The van der Waals surface area contributed by atoms with E-state index in [0.717, 1.165) is 35.9 Å². The number of nitrogens with zero attached hydrogens (tertiary/aromatic N) is 1. The van der Waals surface area contributed by atoms with Gasteiger partial charge in [0.15, 0.2) is 0 Å². The Labute approximate surface area is 154 Å². The van der Waals surface area contributed by atoms with Gasteiger partial charge in [0, 0.05) is 23.7 Å². The molecule has 1 amide bonds. The van der Waals surface area contributed by atoms with Crippen molar-refractivity contribution in [3.05, 3.63) is 47.0 Å². The van der Waals surface area contributed by atoms with E-state index in [9.17, 15) is 4.79 Å². The van der Waals surface area contributed by atoms with Gasteiger partial charge in [-0.1, -0.05) is 30.5 Å². The molecule has 1 aromatic rings. The molecule has 1 saturated heterocycles. The second kappa shape index (κ2) is 9.53. The summed E-state index contributed by atoms with van der Waals surface area (Å²) in [6, 6.07) is 7.60. The molecule has 1 aliphatic rings. The molecule has 1 aromatic carbocycles. The molecule has 0 atom stereocenters. The highest BCUT2D eigenvalue weighted by Gasteiger charge is 2.16. The van der Waals surface area contributed by atoms with Crippen LogP contribution in [0.2, 0.25) is 0 Å². The Bertz CT molecular complexity index is 648. The highest BCUT2D eigenvalue weighted by molar-refractivity contribution is 8.12. The highest BCUT2D eigenvalue weighted by Crippen LogP contribution is 2.34. The van der Waals surface area contributed by atoms with Gasteiger partial charge < -0.3 is 20.7 Å². The largest absolute Gasteiger partial charge is 0.497 e. The molecule has 0 spiro atoms. The smallest absolute Gasteiger partial charge is 0.259 e. The van der Waals surface area contributed by atoms with E-state index in [1.54, 1.807) is 14.0 Å². The van der Waals surface area contributed by atoms with Crippen LogP contribution in [0, 0.1) is 0 Å². The third kappa shape index (κ3) is 5.83. The molecule has 0 aromatic heterocycles. The first kappa shape index (κ1) is 19.4. The van der Waals surface area contributed by atoms with Gasteiger partial charge in [0.25, 0.3) is 5.91 Å². The number of carbonyl (C=O) groups excluding carboxylic acids is 1. The summed E-state index contributed by atoms with van der Waals surface area (Å²) in [6.07, 6.45) is 2.49. The summed E-state index contributed by atoms with van der Waals surface area (Å²) in [4.78, 5) is 16.1. The van der Waals surface area contributed by atoms with Crippen molar-refractivity contribution in [2.24, 2.45) is 5.73 Å². The fraction of sp³-hybridized carbons (Fsp3) is 0.421. The Morgan fingerprint density at radius 1 is 1.40 bits per heavy atom. The molecule has 0 aliphatic carbocycles. The first-order chi connectivity index (χ1) is 12.0. The Morgan fingerprint density at radius 3 is 2.76 bits per heavy atom. The monoisotopic (exact) mass is 361 g/mol. The second-order valence-electron chi connectivity index (χ2n) is 6.07. The van der Waals surface area contributed by atoms with Crippen LogP contribution < -0.4 is 15.8 Å². The molecule has 0 unspecified atom stereocenters.